The first-order valence-electron chi connectivity index (χ1n) is 8.50. The highest BCUT2D eigenvalue weighted by Crippen LogP contribution is 2.25. The number of thioether (sulfide) groups is 1. The van der Waals surface area contributed by atoms with Crippen LogP contribution in [-0.4, -0.2) is 33.2 Å². The van der Waals surface area contributed by atoms with Crippen molar-refractivity contribution >= 4 is 17.7 Å². The zero-order valence-electron chi connectivity index (χ0n) is 15.2. The van der Waals surface area contributed by atoms with Gasteiger partial charge in [-0.3, -0.25) is 14.8 Å². The second-order valence-electron chi connectivity index (χ2n) is 5.87. The zero-order valence-corrected chi connectivity index (χ0v) is 16.0. The summed E-state index contributed by atoms with van der Waals surface area (Å²) >= 11 is 1.51. The van der Waals surface area contributed by atoms with Gasteiger partial charge in [0, 0.05) is 31.0 Å². The second-order valence-corrected chi connectivity index (χ2v) is 6.99. The van der Waals surface area contributed by atoms with Crippen molar-refractivity contribution in [3.8, 4) is 22.9 Å². The summed E-state index contributed by atoms with van der Waals surface area (Å²) in [5, 5.41) is 3.50. The normalized spacial score (nSPS) is 10.4. The third-order valence-electron chi connectivity index (χ3n) is 3.60. The third-order valence-corrected chi connectivity index (χ3v) is 4.50. The lowest BCUT2D eigenvalue weighted by Crippen LogP contribution is -2.22. The predicted molar refractivity (Wildman–Crippen MR) is 106 cm³/mol. The number of pyridine rings is 1. The Morgan fingerprint density at radius 3 is 2.63 bits per heavy atom. The molecule has 0 spiro atoms. The van der Waals surface area contributed by atoms with Gasteiger partial charge in [-0.1, -0.05) is 6.07 Å². The second kappa shape index (κ2) is 9.14. The van der Waals surface area contributed by atoms with Crippen molar-refractivity contribution in [2.75, 3.05) is 12.3 Å². The molecule has 3 rings (SSSR count). The largest absolute Gasteiger partial charge is 0.437 e. The van der Waals surface area contributed by atoms with Crippen molar-refractivity contribution in [2.24, 2.45) is 0 Å². The number of benzene rings is 1. The first-order valence-corrected chi connectivity index (χ1v) is 9.49. The van der Waals surface area contributed by atoms with Gasteiger partial charge in [0.2, 0.25) is 11.8 Å². The maximum Gasteiger partial charge on any atom is 0.238 e. The molecule has 0 aliphatic carbocycles. The molecule has 6 nitrogen and oxygen atoms in total. The minimum atomic E-state index is -0.0388. The maximum absolute atomic E-state index is 10.9. The molecule has 27 heavy (non-hydrogen) atoms. The quantitative estimate of drug-likeness (QED) is 0.495. The van der Waals surface area contributed by atoms with E-state index in [0.29, 0.717) is 18.2 Å². The number of nitrogens with one attached hydrogen (secondary N) is 1. The number of ether oxygens (including phenoxy) is 1. The number of aromatic nitrogens is 3. The van der Waals surface area contributed by atoms with Gasteiger partial charge < -0.3 is 10.1 Å². The zero-order chi connectivity index (χ0) is 19.1. The lowest BCUT2D eigenvalue weighted by molar-refractivity contribution is -0.118. The number of nitrogens with zero attached hydrogens (tertiary/aromatic N) is 3. The molecule has 0 bridgehead atoms. The fraction of sp³-hybridized carbons (Fsp3) is 0.200. The van der Waals surface area contributed by atoms with Gasteiger partial charge in [-0.15, -0.1) is 11.8 Å². The molecule has 0 unspecified atom stereocenters. The summed E-state index contributed by atoms with van der Waals surface area (Å²) in [5.41, 5.74) is 3.08. The standard InChI is InChI=1S/C20H20N4O2S/c1-14-3-8-18(23-11-14)16-4-6-17(7-5-16)26-19-12-21-13-20(24-19)27-10-9-22-15(2)25/h3-8,11-13H,9-10H2,1-2H3,(H,22,25). The molecule has 138 valence electrons. The number of carbonyl (C=O) groups excluding carboxylic acids is 1. The molecular weight excluding hydrogens is 360 g/mol. The molecule has 0 radical (unpaired) electrons. The van der Waals surface area contributed by atoms with Crippen molar-refractivity contribution in [2.45, 2.75) is 18.9 Å². The first-order chi connectivity index (χ1) is 13.1. The molecule has 0 fully saturated rings. The Labute approximate surface area is 162 Å². The number of hydrogen-bond donors (Lipinski definition) is 1. The Morgan fingerprint density at radius 2 is 1.93 bits per heavy atom. The van der Waals surface area contributed by atoms with Crippen molar-refractivity contribution < 1.29 is 9.53 Å². The van der Waals surface area contributed by atoms with Crippen molar-refractivity contribution in [3.63, 3.8) is 0 Å². The molecular formula is C20H20N4O2S. The molecule has 2 heterocycles. The van der Waals surface area contributed by atoms with Crippen LogP contribution in [-0.2, 0) is 4.79 Å². The minimum absolute atomic E-state index is 0.0388. The lowest BCUT2D eigenvalue weighted by atomic mass is 10.1. The predicted octanol–water partition coefficient (Wildman–Crippen LogP) is 3.87. The maximum atomic E-state index is 10.9. The van der Waals surface area contributed by atoms with E-state index < -0.39 is 0 Å². The van der Waals surface area contributed by atoms with Gasteiger partial charge >= 0.3 is 0 Å². The molecule has 0 aliphatic heterocycles. The molecule has 0 saturated heterocycles. The molecule has 1 amide bonds. The Hall–Kier alpha value is -2.93. The van der Waals surface area contributed by atoms with Gasteiger partial charge in [-0.25, -0.2) is 4.98 Å². The summed E-state index contributed by atoms with van der Waals surface area (Å²) in [6.07, 6.45) is 5.11. The van der Waals surface area contributed by atoms with E-state index in [-0.39, 0.29) is 5.91 Å². The minimum Gasteiger partial charge on any atom is -0.437 e. The number of amides is 1. The highest BCUT2D eigenvalue weighted by Gasteiger charge is 2.04. The average molecular weight is 380 g/mol. The summed E-state index contributed by atoms with van der Waals surface area (Å²) in [6, 6.07) is 11.7. The van der Waals surface area contributed by atoms with E-state index in [0.717, 1.165) is 27.6 Å². The van der Waals surface area contributed by atoms with E-state index in [1.54, 1.807) is 12.4 Å². The van der Waals surface area contributed by atoms with Gasteiger partial charge in [0.1, 0.15) is 10.8 Å². The monoisotopic (exact) mass is 380 g/mol. The van der Waals surface area contributed by atoms with Crippen LogP contribution >= 0.6 is 11.8 Å². The fourth-order valence-electron chi connectivity index (χ4n) is 2.29. The van der Waals surface area contributed by atoms with Gasteiger partial charge in [-0.2, -0.15) is 0 Å². The average Bonchev–Trinajstić information content (AvgIpc) is 2.67. The Kier molecular flexibility index (Phi) is 6.38. The number of aryl methyl sites for hydroxylation is 1. The molecule has 3 aromatic rings. The third kappa shape index (κ3) is 5.79. The topological polar surface area (TPSA) is 77.0 Å². The van der Waals surface area contributed by atoms with Crippen LogP contribution in [0.5, 0.6) is 11.6 Å². The van der Waals surface area contributed by atoms with Crippen LogP contribution < -0.4 is 10.1 Å². The van der Waals surface area contributed by atoms with Crippen LogP contribution in [0.25, 0.3) is 11.3 Å². The van der Waals surface area contributed by atoms with Crippen molar-refractivity contribution in [1.29, 1.82) is 0 Å². The molecule has 0 atom stereocenters. The molecule has 2 aromatic heterocycles. The van der Waals surface area contributed by atoms with Crippen LogP contribution in [0.3, 0.4) is 0 Å². The Balaban J connectivity index is 1.60. The van der Waals surface area contributed by atoms with Crippen LogP contribution in [0.2, 0.25) is 0 Å². The molecule has 7 heteroatoms. The summed E-state index contributed by atoms with van der Waals surface area (Å²) in [7, 11) is 0. The molecule has 1 aromatic carbocycles. The molecule has 1 N–H and O–H groups in total. The highest BCUT2D eigenvalue weighted by molar-refractivity contribution is 7.99. The van der Waals surface area contributed by atoms with E-state index in [2.05, 4.69) is 20.3 Å². The highest BCUT2D eigenvalue weighted by atomic mass is 32.2. The van der Waals surface area contributed by atoms with Gasteiger partial charge in [0.05, 0.1) is 18.1 Å². The SMILES string of the molecule is CC(=O)NCCSc1cncc(Oc2ccc(-c3ccc(C)cn3)cc2)n1. The fourth-order valence-corrected chi connectivity index (χ4v) is 2.99. The Morgan fingerprint density at radius 1 is 1.11 bits per heavy atom. The van der Waals surface area contributed by atoms with Gasteiger partial charge in [0.15, 0.2) is 0 Å². The number of rotatable bonds is 7. The van der Waals surface area contributed by atoms with Crippen LogP contribution in [0.4, 0.5) is 0 Å². The van der Waals surface area contributed by atoms with Gasteiger partial charge in [-0.05, 0) is 42.8 Å². The number of hydrogen-bond acceptors (Lipinski definition) is 6. The van der Waals surface area contributed by atoms with E-state index >= 15 is 0 Å². The summed E-state index contributed by atoms with van der Waals surface area (Å²) in [5.74, 6) is 1.79. The molecule has 0 aliphatic rings. The first kappa shape index (κ1) is 18.8. The Bertz CT molecular complexity index is 899. The smallest absolute Gasteiger partial charge is 0.238 e. The van der Waals surface area contributed by atoms with Crippen molar-refractivity contribution in [1.82, 2.24) is 20.3 Å². The van der Waals surface area contributed by atoms with E-state index in [1.807, 2.05) is 49.5 Å². The van der Waals surface area contributed by atoms with Crippen molar-refractivity contribution in [3.05, 3.63) is 60.6 Å². The number of carbonyl (C=O) groups is 1. The van der Waals surface area contributed by atoms with Crippen LogP contribution in [0.1, 0.15) is 12.5 Å². The van der Waals surface area contributed by atoms with Gasteiger partial charge in [0.25, 0.3) is 0 Å². The van der Waals surface area contributed by atoms with Crippen LogP contribution in [0.15, 0.2) is 60.0 Å². The van der Waals surface area contributed by atoms with E-state index in [1.165, 1.54) is 18.7 Å². The summed E-state index contributed by atoms with van der Waals surface area (Å²) < 4.78 is 5.80. The summed E-state index contributed by atoms with van der Waals surface area (Å²) in [4.78, 5) is 23.9. The molecule has 0 saturated carbocycles. The lowest BCUT2D eigenvalue weighted by Gasteiger charge is -2.07. The van der Waals surface area contributed by atoms with E-state index in [4.69, 9.17) is 4.74 Å². The van der Waals surface area contributed by atoms with E-state index in [9.17, 15) is 4.79 Å². The van der Waals surface area contributed by atoms with Crippen LogP contribution in [0, 0.1) is 6.92 Å². The summed E-state index contributed by atoms with van der Waals surface area (Å²) in [6.45, 7) is 4.10.